The predicted octanol–water partition coefficient (Wildman–Crippen LogP) is 2.65. The van der Waals surface area contributed by atoms with Gasteiger partial charge in [-0.1, -0.05) is 0 Å². The van der Waals surface area contributed by atoms with E-state index in [2.05, 4.69) is 18.6 Å². The highest BCUT2D eigenvalue weighted by atomic mass is 32.3. The monoisotopic (exact) mass is 246 g/mol. The number of carbonyl (C=O) groups excluding carboxylic acids is 1. The van der Waals surface area contributed by atoms with Gasteiger partial charge in [-0.3, -0.25) is 4.79 Å². The first kappa shape index (κ1) is 13.4. The Balaban J connectivity index is 2.75. The molecule has 0 aromatic rings. The minimum atomic E-state index is -1.22. The van der Waals surface area contributed by atoms with Crippen molar-refractivity contribution in [1.29, 1.82) is 0 Å². The van der Waals surface area contributed by atoms with Crippen molar-refractivity contribution in [2.45, 2.75) is 31.9 Å². The third-order valence-electron chi connectivity index (χ3n) is 2.92. The van der Waals surface area contributed by atoms with Crippen molar-refractivity contribution < 1.29 is 14.3 Å². The van der Waals surface area contributed by atoms with Crippen LogP contribution in [0.4, 0.5) is 0 Å². The summed E-state index contributed by atoms with van der Waals surface area (Å²) in [5.41, 5.74) is 0. The zero-order chi connectivity index (χ0) is 12.2. The first-order valence-corrected chi connectivity index (χ1v) is 8.23. The van der Waals surface area contributed by atoms with Crippen LogP contribution >= 0.6 is 10.0 Å². The maximum Gasteiger partial charge on any atom is 0.317 e. The van der Waals surface area contributed by atoms with Gasteiger partial charge in [0.25, 0.3) is 0 Å². The van der Waals surface area contributed by atoms with Crippen molar-refractivity contribution in [3.63, 3.8) is 0 Å². The van der Waals surface area contributed by atoms with Gasteiger partial charge in [-0.05, 0) is 45.3 Å². The van der Waals surface area contributed by atoms with Gasteiger partial charge in [0.15, 0.2) is 0 Å². The zero-order valence-corrected chi connectivity index (χ0v) is 11.4. The smallest absolute Gasteiger partial charge is 0.317 e. The summed E-state index contributed by atoms with van der Waals surface area (Å²) in [6.07, 6.45) is 8.50. The number of hydrogen-bond acceptors (Lipinski definition) is 3. The first-order chi connectivity index (χ1) is 7.50. The van der Waals surface area contributed by atoms with Gasteiger partial charge in [-0.2, -0.15) is 10.0 Å². The van der Waals surface area contributed by atoms with E-state index in [1.165, 1.54) is 0 Å². The maximum absolute atomic E-state index is 11.7. The van der Waals surface area contributed by atoms with E-state index in [4.69, 9.17) is 9.47 Å². The second-order valence-corrected chi connectivity index (χ2v) is 8.23. The van der Waals surface area contributed by atoms with Crippen LogP contribution < -0.4 is 0 Å². The molecular formula is C12H22O3S. The molecule has 1 atom stereocenters. The van der Waals surface area contributed by atoms with E-state index < -0.39 is 10.0 Å². The molecule has 0 fully saturated rings. The predicted molar refractivity (Wildman–Crippen MR) is 68.8 cm³/mol. The van der Waals surface area contributed by atoms with E-state index in [0.29, 0.717) is 6.61 Å². The molecule has 0 saturated carbocycles. The van der Waals surface area contributed by atoms with Gasteiger partial charge in [0, 0.05) is 0 Å². The number of rotatable bonds is 4. The van der Waals surface area contributed by atoms with E-state index in [9.17, 15) is 4.79 Å². The number of allylic oxidation sites excluding steroid dienone is 1. The lowest BCUT2D eigenvalue weighted by molar-refractivity contribution is -0.142. The molecule has 0 aromatic carbocycles. The topological polar surface area (TPSA) is 35.5 Å². The third kappa shape index (κ3) is 2.94. The largest absolute Gasteiger partial charge is 0.489 e. The Morgan fingerprint density at radius 2 is 2.31 bits per heavy atom. The number of carbonyl (C=O) groups is 1. The van der Waals surface area contributed by atoms with Crippen LogP contribution in [0.1, 0.15) is 26.7 Å². The fourth-order valence-electron chi connectivity index (χ4n) is 1.58. The Morgan fingerprint density at radius 3 is 2.81 bits per heavy atom. The van der Waals surface area contributed by atoms with Gasteiger partial charge in [0.1, 0.15) is 5.09 Å². The molecule has 16 heavy (non-hydrogen) atoms. The normalized spacial score (nSPS) is 19.4. The summed E-state index contributed by atoms with van der Waals surface area (Å²) in [5, 5.41) is 0.913. The average molecular weight is 246 g/mol. The summed E-state index contributed by atoms with van der Waals surface area (Å²) in [5.74, 6) is -0.113. The third-order valence-corrected chi connectivity index (χ3v) is 6.21. The summed E-state index contributed by atoms with van der Waals surface area (Å²) >= 11 is 0. The summed E-state index contributed by atoms with van der Waals surface area (Å²) in [7, 11) is -1.22. The molecule has 0 bridgehead atoms. The van der Waals surface area contributed by atoms with Crippen LogP contribution in [0.2, 0.25) is 0 Å². The number of hydrogen-bond donors (Lipinski definition) is 0. The van der Waals surface area contributed by atoms with Crippen LogP contribution in [-0.4, -0.2) is 36.9 Å². The molecule has 94 valence electrons. The molecule has 0 saturated heterocycles. The molecule has 0 aliphatic carbocycles. The molecule has 0 spiro atoms. The summed E-state index contributed by atoms with van der Waals surface area (Å²) in [6.45, 7) is 4.99. The molecule has 4 heteroatoms. The van der Waals surface area contributed by atoms with Gasteiger partial charge in [-0.15, -0.1) is 0 Å². The van der Waals surface area contributed by atoms with Gasteiger partial charge in [0.05, 0.1) is 18.5 Å². The van der Waals surface area contributed by atoms with E-state index in [1.54, 1.807) is 0 Å². The van der Waals surface area contributed by atoms with Crippen LogP contribution in [0.25, 0.3) is 0 Å². The lowest BCUT2D eigenvalue weighted by Gasteiger charge is -2.38. The molecule has 1 aliphatic rings. The van der Waals surface area contributed by atoms with E-state index in [0.717, 1.165) is 24.5 Å². The van der Waals surface area contributed by atoms with Gasteiger partial charge < -0.3 is 9.47 Å². The lowest BCUT2D eigenvalue weighted by Crippen LogP contribution is -2.28. The minimum absolute atomic E-state index is 0.100. The maximum atomic E-state index is 11.7. The van der Waals surface area contributed by atoms with E-state index >= 15 is 0 Å². The second kappa shape index (κ2) is 5.62. The fraction of sp³-hybridized carbons (Fsp3) is 0.750. The Morgan fingerprint density at radius 1 is 1.62 bits per heavy atom. The molecule has 0 N–H and O–H groups in total. The lowest BCUT2D eigenvalue weighted by atomic mass is 10.3. The van der Waals surface area contributed by atoms with Gasteiger partial charge in [-0.25, -0.2) is 0 Å². The van der Waals surface area contributed by atoms with Crippen LogP contribution in [0.5, 0.6) is 0 Å². The highest BCUT2D eigenvalue weighted by Gasteiger charge is 2.33. The van der Waals surface area contributed by atoms with E-state index in [1.807, 2.05) is 13.8 Å². The van der Waals surface area contributed by atoms with Crippen molar-refractivity contribution >= 4 is 16.0 Å². The van der Waals surface area contributed by atoms with Crippen LogP contribution in [0, 0.1) is 0 Å². The summed E-state index contributed by atoms with van der Waals surface area (Å²) < 4.78 is 10.8. The summed E-state index contributed by atoms with van der Waals surface area (Å²) in [6, 6.07) is 0. The fourth-order valence-corrected chi connectivity index (χ4v) is 3.41. The van der Waals surface area contributed by atoms with Gasteiger partial charge in [0.2, 0.25) is 0 Å². The van der Waals surface area contributed by atoms with Crippen LogP contribution in [-0.2, 0) is 14.3 Å². The van der Waals surface area contributed by atoms with Crippen LogP contribution in [0.3, 0.4) is 0 Å². The molecular weight excluding hydrogens is 224 g/mol. The molecule has 1 aliphatic heterocycles. The van der Waals surface area contributed by atoms with Crippen molar-refractivity contribution in [1.82, 2.24) is 0 Å². The quantitative estimate of drug-likeness (QED) is 0.715. The van der Waals surface area contributed by atoms with Crippen molar-refractivity contribution in [2.75, 3.05) is 25.7 Å². The zero-order valence-electron chi connectivity index (χ0n) is 10.6. The first-order valence-electron chi connectivity index (χ1n) is 5.72. The minimum Gasteiger partial charge on any atom is -0.489 e. The standard InChI is InChI=1S/C12H22O3S/c1-5-14-12(13)10(2)16(3,4)11-8-6-7-9-15-11/h8,10H,5-7,9H2,1-4H3/t10-/m1/s1. The second-order valence-electron chi connectivity index (χ2n) is 4.31. The molecule has 3 nitrogen and oxygen atoms in total. The molecule has 0 unspecified atom stereocenters. The van der Waals surface area contributed by atoms with Gasteiger partial charge >= 0.3 is 5.97 Å². The van der Waals surface area contributed by atoms with E-state index in [-0.39, 0.29) is 11.2 Å². The SMILES string of the molecule is CCOC(=O)[C@@H](C)S(C)(C)C1=CCCCO1. The highest BCUT2D eigenvalue weighted by Crippen LogP contribution is 2.54. The molecule has 0 aromatic heterocycles. The Hall–Kier alpha value is -0.640. The Bertz CT molecular complexity index is 284. The average Bonchev–Trinajstić information content (AvgIpc) is 2.29. The van der Waals surface area contributed by atoms with Crippen molar-refractivity contribution in [2.24, 2.45) is 0 Å². The van der Waals surface area contributed by atoms with Crippen molar-refractivity contribution in [3.05, 3.63) is 11.2 Å². The van der Waals surface area contributed by atoms with Crippen LogP contribution in [0.15, 0.2) is 11.2 Å². The molecule has 1 heterocycles. The highest BCUT2D eigenvalue weighted by molar-refractivity contribution is 8.36. The molecule has 1 rings (SSSR count). The Kier molecular flexibility index (Phi) is 4.71. The summed E-state index contributed by atoms with van der Waals surface area (Å²) in [4.78, 5) is 11.7. The molecule has 0 amide bonds. The number of ether oxygens (including phenoxy) is 2. The molecule has 0 radical (unpaired) electrons. The Labute approximate surface area is 99.5 Å². The number of esters is 1. The van der Waals surface area contributed by atoms with Crippen molar-refractivity contribution in [3.8, 4) is 0 Å².